The Labute approximate surface area is 159 Å². The number of rotatable bonds is 4. The van der Waals surface area contributed by atoms with Crippen LogP contribution < -0.4 is 10.6 Å². The second kappa shape index (κ2) is 7.63. The van der Waals surface area contributed by atoms with Crippen LogP contribution in [-0.2, 0) is 20.8 Å². The molecule has 2 amide bonds. The van der Waals surface area contributed by atoms with E-state index in [2.05, 4.69) is 10.6 Å². The van der Waals surface area contributed by atoms with Gasteiger partial charge in [-0.3, -0.25) is 9.59 Å². The average molecular weight is 414 g/mol. The van der Waals surface area contributed by atoms with Gasteiger partial charge in [0.25, 0.3) is 5.91 Å². The summed E-state index contributed by atoms with van der Waals surface area (Å²) in [6.07, 6.45) is -3.83. The Morgan fingerprint density at radius 3 is 2.18 bits per heavy atom. The van der Waals surface area contributed by atoms with E-state index < -0.39 is 39.1 Å². The Morgan fingerprint density at radius 1 is 1.00 bits per heavy atom. The number of aryl methyl sites for hydroxylation is 1. The van der Waals surface area contributed by atoms with Crippen molar-refractivity contribution in [2.45, 2.75) is 24.9 Å². The Balaban J connectivity index is 2.45. The third-order valence-corrected chi connectivity index (χ3v) is 4.89. The minimum absolute atomic E-state index is 0.0676. The fourth-order valence-electron chi connectivity index (χ4n) is 2.43. The van der Waals surface area contributed by atoms with Crippen LogP contribution in [-0.4, -0.2) is 26.5 Å². The highest BCUT2D eigenvalue weighted by molar-refractivity contribution is 7.90. The predicted octanol–water partition coefficient (Wildman–Crippen LogP) is 3.63. The van der Waals surface area contributed by atoms with Crippen LogP contribution in [0.4, 0.5) is 24.5 Å². The molecule has 10 heteroatoms. The molecule has 0 spiro atoms. The van der Waals surface area contributed by atoms with Gasteiger partial charge >= 0.3 is 6.18 Å². The third kappa shape index (κ3) is 5.10. The number of amides is 2. The van der Waals surface area contributed by atoms with E-state index in [4.69, 9.17) is 0 Å². The summed E-state index contributed by atoms with van der Waals surface area (Å²) in [5, 5.41) is 4.41. The lowest BCUT2D eigenvalue weighted by Gasteiger charge is -2.16. The second-order valence-electron chi connectivity index (χ2n) is 6.14. The number of carbonyl (C=O) groups is 2. The maximum Gasteiger partial charge on any atom is 0.418 e. The van der Waals surface area contributed by atoms with E-state index in [-0.39, 0.29) is 16.1 Å². The van der Waals surface area contributed by atoms with E-state index in [0.29, 0.717) is 11.6 Å². The average Bonchev–Trinajstić information content (AvgIpc) is 2.54. The number of sulfone groups is 1. The maximum atomic E-state index is 13.4. The van der Waals surface area contributed by atoms with Crippen molar-refractivity contribution in [2.75, 3.05) is 16.9 Å². The zero-order valence-corrected chi connectivity index (χ0v) is 16.0. The topological polar surface area (TPSA) is 92.3 Å². The first-order chi connectivity index (χ1) is 12.8. The van der Waals surface area contributed by atoms with Crippen molar-refractivity contribution < 1.29 is 31.2 Å². The number of anilines is 2. The SMILES string of the molecule is CC(=O)Nc1ccc(NC(=O)c2cc(S(C)(=O)=O)ccc2C)c(C(F)(F)F)c1. The van der Waals surface area contributed by atoms with Crippen molar-refractivity contribution in [2.24, 2.45) is 0 Å². The summed E-state index contributed by atoms with van der Waals surface area (Å²) in [5.74, 6) is -1.43. The number of benzene rings is 2. The molecule has 0 saturated carbocycles. The van der Waals surface area contributed by atoms with Crippen molar-refractivity contribution in [3.05, 3.63) is 53.1 Å². The monoisotopic (exact) mass is 414 g/mol. The summed E-state index contributed by atoms with van der Waals surface area (Å²) >= 11 is 0. The van der Waals surface area contributed by atoms with E-state index >= 15 is 0 Å². The molecule has 0 bridgehead atoms. The van der Waals surface area contributed by atoms with Gasteiger partial charge in [-0.15, -0.1) is 0 Å². The summed E-state index contributed by atoms with van der Waals surface area (Å²) in [5.41, 5.74) is -1.41. The maximum absolute atomic E-state index is 13.4. The lowest BCUT2D eigenvalue weighted by Crippen LogP contribution is -2.18. The van der Waals surface area contributed by atoms with Gasteiger partial charge in [0, 0.05) is 24.4 Å². The summed E-state index contributed by atoms with van der Waals surface area (Å²) < 4.78 is 63.5. The van der Waals surface area contributed by atoms with Gasteiger partial charge in [0.05, 0.1) is 16.1 Å². The predicted molar refractivity (Wildman–Crippen MR) is 98.0 cm³/mol. The fourth-order valence-corrected chi connectivity index (χ4v) is 3.08. The molecule has 2 aromatic rings. The van der Waals surface area contributed by atoms with Crippen molar-refractivity contribution in [3.8, 4) is 0 Å². The van der Waals surface area contributed by atoms with Crippen LogP contribution >= 0.6 is 0 Å². The van der Waals surface area contributed by atoms with E-state index in [1.54, 1.807) is 0 Å². The zero-order valence-electron chi connectivity index (χ0n) is 15.1. The van der Waals surface area contributed by atoms with Crippen LogP contribution in [0.2, 0.25) is 0 Å². The Hall–Kier alpha value is -2.88. The molecule has 0 aliphatic rings. The summed E-state index contributed by atoms with van der Waals surface area (Å²) in [6.45, 7) is 2.69. The molecule has 6 nitrogen and oxygen atoms in total. The Morgan fingerprint density at radius 2 is 1.64 bits per heavy atom. The third-order valence-electron chi connectivity index (χ3n) is 3.78. The highest BCUT2D eigenvalue weighted by Crippen LogP contribution is 2.37. The van der Waals surface area contributed by atoms with E-state index in [9.17, 15) is 31.2 Å². The molecular formula is C18H17F3N2O4S. The van der Waals surface area contributed by atoms with Gasteiger partial charge in [0.2, 0.25) is 5.91 Å². The van der Waals surface area contributed by atoms with Crippen molar-refractivity contribution >= 4 is 33.0 Å². The summed E-state index contributed by atoms with van der Waals surface area (Å²) in [6, 6.07) is 6.75. The molecule has 0 heterocycles. The van der Waals surface area contributed by atoms with Gasteiger partial charge in [-0.25, -0.2) is 8.42 Å². The van der Waals surface area contributed by atoms with Gasteiger partial charge < -0.3 is 10.6 Å². The fraction of sp³-hybridized carbons (Fsp3) is 0.222. The first-order valence-corrected chi connectivity index (χ1v) is 9.79. The van der Waals surface area contributed by atoms with E-state index in [1.807, 2.05) is 0 Å². The van der Waals surface area contributed by atoms with Crippen LogP contribution in [0.15, 0.2) is 41.3 Å². The molecule has 28 heavy (non-hydrogen) atoms. The largest absolute Gasteiger partial charge is 0.418 e. The smallest absolute Gasteiger partial charge is 0.326 e. The van der Waals surface area contributed by atoms with Crippen molar-refractivity contribution in [1.82, 2.24) is 0 Å². The molecule has 150 valence electrons. The Bertz CT molecular complexity index is 1050. The molecule has 0 unspecified atom stereocenters. The molecule has 0 aliphatic heterocycles. The Kier molecular flexibility index (Phi) is 5.83. The molecule has 0 atom stereocenters. The first kappa shape index (κ1) is 21.4. The van der Waals surface area contributed by atoms with Crippen molar-refractivity contribution in [3.63, 3.8) is 0 Å². The first-order valence-electron chi connectivity index (χ1n) is 7.90. The molecular weight excluding hydrogens is 397 g/mol. The molecule has 0 fully saturated rings. The van der Waals surface area contributed by atoms with Crippen LogP contribution in [0.3, 0.4) is 0 Å². The molecule has 2 rings (SSSR count). The van der Waals surface area contributed by atoms with Gasteiger partial charge in [-0.05, 0) is 42.8 Å². The molecule has 2 aromatic carbocycles. The van der Waals surface area contributed by atoms with Crippen LogP contribution in [0, 0.1) is 6.92 Å². The highest BCUT2D eigenvalue weighted by atomic mass is 32.2. The van der Waals surface area contributed by atoms with Gasteiger partial charge in [0.1, 0.15) is 0 Å². The lowest BCUT2D eigenvalue weighted by molar-refractivity contribution is -0.137. The van der Waals surface area contributed by atoms with Crippen LogP contribution in [0.25, 0.3) is 0 Å². The number of hydrogen-bond acceptors (Lipinski definition) is 4. The highest BCUT2D eigenvalue weighted by Gasteiger charge is 2.34. The van der Waals surface area contributed by atoms with E-state index in [1.165, 1.54) is 25.1 Å². The van der Waals surface area contributed by atoms with Crippen molar-refractivity contribution in [1.29, 1.82) is 0 Å². The normalized spacial score (nSPS) is 11.8. The van der Waals surface area contributed by atoms with Gasteiger partial charge in [0.15, 0.2) is 9.84 Å². The molecule has 0 aliphatic carbocycles. The van der Waals surface area contributed by atoms with E-state index in [0.717, 1.165) is 25.3 Å². The minimum atomic E-state index is -4.79. The number of hydrogen-bond donors (Lipinski definition) is 2. The van der Waals surface area contributed by atoms with Crippen LogP contribution in [0.5, 0.6) is 0 Å². The second-order valence-corrected chi connectivity index (χ2v) is 8.16. The molecule has 0 radical (unpaired) electrons. The quantitative estimate of drug-likeness (QED) is 0.799. The zero-order chi connectivity index (χ0) is 21.3. The number of nitrogens with one attached hydrogen (secondary N) is 2. The standard InChI is InChI=1S/C18H17F3N2O4S/c1-10-4-6-13(28(3,26)27)9-14(10)17(25)23-16-7-5-12(22-11(2)24)8-15(16)18(19,20)21/h4-9H,1-3H3,(H,22,24)(H,23,25). The summed E-state index contributed by atoms with van der Waals surface area (Å²) in [7, 11) is -3.60. The number of carbonyl (C=O) groups excluding carboxylic acids is 2. The summed E-state index contributed by atoms with van der Waals surface area (Å²) in [4.78, 5) is 23.4. The number of alkyl halides is 3. The van der Waals surface area contributed by atoms with Crippen LogP contribution in [0.1, 0.15) is 28.4 Å². The molecule has 2 N–H and O–H groups in total. The minimum Gasteiger partial charge on any atom is -0.326 e. The van der Waals surface area contributed by atoms with Gasteiger partial charge in [-0.1, -0.05) is 6.07 Å². The van der Waals surface area contributed by atoms with Gasteiger partial charge in [-0.2, -0.15) is 13.2 Å². The lowest BCUT2D eigenvalue weighted by atomic mass is 10.1. The number of halogens is 3. The molecule has 0 aromatic heterocycles. The molecule has 0 saturated heterocycles.